The molecule has 0 fully saturated rings. The Balaban J connectivity index is 1.53. The highest BCUT2D eigenvalue weighted by Gasteiger charge is 2.11. The van der Waals surface area contributed by atoms with Gasteiger partial charge in [-0.25, -0.2) is 9.97 Å². The molecule has 2 aromatic heterocycles. The molecule has 0 aliphatic rings. The van der Waals surface area contributed by atoms with Crippen molar-refractivity contribution in [2.45, 2.75) is 6.61 Å². The Hall–Kier alpha value is -4.00. The summed E-state index contributed by atoms with van der Waals surface area (Å²) in [4.78, 5) is 21.7. The summed E-state index contributed by atoms with van der Waals surface area (Å²) in [5, 5.41) is 16.3. The lowest BCUT2D eigenvalue weighted by atomic mass is 10.1. The van der Waals surface area contributed by atoms with Crippen LogP contribution in [0, 0.1) is 0 Å². The molecule has 0 aliphatic carbocycles. The number of ketones is 1. The zero-order valence-corrected chi connectivity index (χ0v) is 18.3. The quantitative estimate of drug-likeness (QED) is 0.222. The van der Waals surface area contributed by atoms with E-state index in [2.05, 4.69) is 20.6 Å². The normalized spacial score (nSPS) is 10.8. The summed E-state index contributed by atoms with van der Waals surface area (Å²) in [6.45, 7) is -0.0262. The predicted molar refractivity (Wildman–Crippen MR) is 132 cm³/mol. The lowest BCUT2D eigenvalue weighted by Crippen LogP contribution is -2.03. The lowest BCUT2D eigenvalue weighted by molar-refractivity contribution is 0.104. The van der Waals surface area contributed by atoms with Gasteiger partial charge in [0.1, 0.15) is 11.6 Å². The molecule has 2 heterocycles. The van der Waals surface area contributed by atoms with E-state index in [1.165, 1.54) is 6.08 Å². The van der Waals surface area contributed by atoms with Crippen molar-refractivity contribution in [1.29, 1.82) is 0 Å². The second kappa shape index (κ2) is 10.5. The lowest BCUT2D eigenvalue weighted by Gasteiger charge is -2.10. The molecule has 0 aliphatic heterocycles. The van der Waals surface area contributed by atoms with Gasteiger partial charge in [0.25, 0.3) is 0 Å². The number of aromatic nitrogens is 2. The average molecular weight is 457 g/mol. The summed E-state index contributed by atoms with van der Waals surface area (Å²) in [5.74, 6) is 0.880. The number of allylic oxidation sites excluding steroid dienone is 1. The van der Waals surface area contributed by atoms with Gasteiger partial charge in [-0.15, -0.1) is 0 Å². The Morgan fingerprint density at radius 3 is 2.15 bits per heavy atom. The molecular formula is C26H21ClN4O2. The molecule has 33 heavy (non-hydrogen) atoms. The van der Waals surface area contributed by atoms with Crippen molar-refractivity contribution in [2.24, 2.45) is 0 Å². The molecule has 0 saturated carbocycles. The van der Waals surface area contributed by atoms with E-state index in [4.69, 9.17) is 11.6 Å². The number of carbonyl (C=O) groups is 1. The molecule has 0 saturated heterocycles. The number of aliphatic hydroxyl groups is 1. The molecule has 4 rings (SSSR count). The van der Waals surface area contributed by atoms with Crippen LogP contribution in [0.15, 0.2) is 91.3 Å². The number of halogens is 1. The van der Waals surface area contributed by atoms with Crippen LogP contribution in [0.3, 0.4) is 0 Å². The number of carbonyl (C=O) groups excluding carboxylic acids is 1. The third-order valence-corrected chi connectivity index (χ3v) is 5.08. The van der Waals surface area contributed by atoms with E-state index in [-0.39, 0.29) is 12.4 Å². The van der Waals surface area contributed by atoms with Gasteiger partial charge in [-0.05, 0) is 78.4 Å². The Kier molecular flexibility index (Phi) is 7.09. The minimum absolute atomic E-state index is 0.0262. The molecule has 3 N–H and O–H groups in total. The zero-order chi connectivity index (χ0) is 23.0. The number of hydrogen-bond acceptors (Lipinski definition) is 6. The first kappa shape index (κ1) is 22.2. The van der Waals surface area contributed by atoms with E-state index in [9.17, 15) is 9.90 Å². The second-order valence-corrected chi connectivity index (χ2v) is 7.59. The number of aliphatic hydroxyl groups excluding tert-OH is 1. The van der Waals surface area contributed by atoms with E-state index in [0.29, 0.717) is 22.2 Å². The highest BCUT2D eigenvalue weighted by molar-refractivity contribution is 6.30. The summed E-state index contributed by atoms with van der Waals surface area (Å²) in [6.07, 6.45) is 6.53. The Morgan fingerprint density at radius 2 is 1.45 bits per heavy atom. The molecular weight excluding hydrogens is 436 g/mol. The van der Waals surface area contributed by atoms with E-state index in [1.807, 2.05) is 48.5 Å². The van der Waals surface area contributed by atoms with Gasteiger partial charge >= 0.3 is 0 Å². The van der Waals surface area contributed by atoms with Gasteiger partial charge in [-0.2, -0.15) is 0 Å². The van der Waals surface area contributed by atoms with Crippen molar-refractivity contribution in [3.63, 3.8) is 0 Å². The SMILES string of the molecule is O=C(C=Cc1cccnc1Nc1ccc(Cl)cc1)c1cccnc1Nc1ccc(CO)cc1. The third-order valence-electron chi connectivity index (χ3n) is 4.83. The fourth-order valence-corrected chi connectivity index (χ4v) is 3.24. The van der Waals surface area contributed by atoms with Gasteiger partial charge in [0.2, 0.25) is 0 Å². The van der Waals surface area contributed by atoms with Gasteiger partial charge in [-0.3, -0.25) is 4.79 Å². The van der Waals surface area contributed by atoms with Crippen molar-refractivity contribution >= 4 is 46.5 Å². The van der Waals surface area contributed by atoms with Crippen LogP contribution in [0.2, 0.25) is 5.02 Å². The second-order valence-electron chi connectivity index (χ2n) is 7.15. The average Bonchev–Trinajstić information content (AvgIpc) is 2.85. The van der Waals surface area contributed by atoms with Gasteiger partial charge in [0.15, 0.2) is 5.78 Å². The first-order chi connectivity index (χ1) is 16.1. The maximum atomic E-state index is 13.0. The number of benzene rings is 2. The largest absolute Gasteiger partial charge is 0.392 e. The van der Waals surface area contributed by atoms with Gasteiger partial charge in [-0.1, -0.05) is 23.7 Å². The first-order valence-corrected chi connectivity index (χ1v) is 10.6. The fraction of sp³-hybridized carbons (Fsp3) is 0.0385. The van der Waals surface area contributed by atoms with Gasteiger partial charge < -0.3 is 15.7 Å². The third kappa shape index (κ3) is 5.83. The molecule has 0 unspecified atom stereocenters. The van der Waals surface area contributed by atoms with Crippen LogP contribution in [0.5, 0.6) is 0 Å². The highest BCUT2D eigenvalue weighted by Crippen LogP contribution is 2.23. The van der Waals surface area contributed by atoms with Crippen molar-refractivity contribution in [1.82, 2.24) is 9.97 Å². The molecule has 0 spiro atoms. The molecule has 0 bridgehead atoms. The van der Waals surface area contributed by atoms with Crippen LogP contribution in [-0.4, -0.2) is 20.9 Å². The smallest absolute Gasteiger partial charge is 0.189 e. The van der Waals surface area contributed by atoms with Crippen molar-refractivity contribution in [3.8, 4) is 0 Å². The summed E-state index contributed by atoms with van der Waals surface area (Å²) in [7, 11) is 0. The van der Waals surface area contributed by atoms with Gasteiger partial charge in [0.05, 0.1) is 12.2 Å². The van der Waals surface area contributed by atoms with Crippen LogP contribution in [0.25, 0.3) is 6.08 Å². The van der Waals surface area contributed by atoms with E-state index in [1.54, 1.807) is 42.7 Å². The van der Waals surface area contributed by atoms with Crippen LogP contribution >= 0.6 is 11.6 Å². The van der Waals surface area contributed by atoms with E-state index < -0.39 is 0 Å². The van der Waals surface area contributed by atoms with Crippen molar-refractivity contribution < 1.29 is 9.90 Å². The van der Waals surface area contributed by atoms with Crippen molar-refractivity contribution in [2.75, 3.05) is 10.6 Å². The van der Waals surface area contributed by atoms with Gasteiger partial charge in [0, 0.05) is 34.4 Å². The number of anilines is 4. The Bertz CT molecular complexity index is 1270. The van der Waals surface area contributed by atoms with Crippen molar-refractivity contribution in [3.05, 3.63) is 113 Å². The Morgan fingerprint density at radius 1 is 0.848 bits per heavy atom. The maximum absolute atomic E-state index is 13.0. The maximum Gasteiger partial charge on any atom is 0.189 e. The highest BCUT2D eigenvalue weighted by atomic mass is 35.5. The van der Waals surface area contributed by atoms with Crippen LogP contribution < -0.4 is 10.6 Å². The first-order valence-electron chi connectivity index (χ1n) is 10.2. The molecule has 4 aromatic rings. The number of pyridine rings is 2. The Labute approximate surface area is 196 Å². The molecule has 0 atom stereocenters. The minimum Gasteiger partial charge on any atom is -0.392 e. The van der Waals surface area contributed by atoms with Crippen LogP contribution in [-0.2, 0) is 6.61 Å². The number of hydrogen-bond donors (Lipinski definition) is 3. The zero-order valence-electron chi connectivity index (χ0n) is 17.6. The summed E-state index contributed by atoms with van der Waals surface area (Å²) >= 11 is 5.95. The standard InChI is InChI=1S/C26H21ClN4O2/c27-20-8-12-22(13-9-20)30-25-19(3-1-15-28-25)7-14-24(33)23-4-2-16-29-26(23)31-21-10-5-18(17-32)6-11-21/h1-16,32H,17H2,(H,28,30)(H,29,31). The molecule has 6 nitrogen and oxygen atoms in total. The topological polar surface area (TPSA) is 87.1 Å². The summed E-state index contributed by atoms with van der Waals surface area (Å²) in [6, 6.07) is 21.7. The molecule has 7 heteroatoms. The minimum atomic E-state index is -0.195. The van der Waals surface area contributed by atoms with E-state index in [0.717, 1.165) is 22.5 Å². The fourth-order valence-electron chi connectivity index (χ4n) is 3.12. The summed E-state index contributed by atoms with van der Waals surface area (Å²) in [5.41, 5.74) is 3.62. The molecule has 2 aromatic carbocycles. The summed E-state index contributed by atoms with van der Waals surface area (Å²) < 4.78 is 0. The monoisotopic (exact) mass is 456 g/mol. The predicted octanol–water partition coefficient (Wildman–Crippen LogP) is 6.01. The van der Waals surface area contributed by atoms with Crippen LogP contribution in [0.1, 0.15) is 21.5 Å². The van der Waals surface area contributed by atoms with E-state index >= 15 is 0 Å². The molecule has 0 amide bonds. The molecule has 164 valence electrons. The molecule has 0 radical (unpaired) electrons. The number of rotatable bonds is 8. The number of nitrogens with zero attached hydrogens (tertiary/aromatic N) is 2. The van der Waals surface area contributed by atoms with Crippen LogP contribution in [0.4, 0.5) is 23.0 Å². The number of nitrogens with one attached hydrogen (secondary N) is 2.